The molecule has 1 unspecified atom stereocenters. The van der Waals surface area contributed by atoms with E-state index in [0.29, 0.717) is 0 Å². The number of halogens is 3. The fourth-order valence-electron chi connectivity index (χ4n) is 0.973. The SMILES string of the molecule is O=C1CCC(OS(=O)(=O)C(F)(F)F)C(=O)N1. The molecule has 16 heavy (non-hydrogen) atoms. The topological polar surface area (TPSA) is 89.5 Å². The molecule has 0 aromatic heterocycles. The van der Waals surface area contributed by atoms with E-state index in [0.717, 1.165) is 0 Å². The number of nitrogens with one attached hydrogen (secondary N) is 1. The fraction of sp³-hybridized carbons (Fsp3) is 0.667. The molecule has 92 valence electrons. The zero-order valence-electron chi connectivity index (χ0n) is 7.57. The van der Waals surface area contributed by atoms with E-state index in [-0.39, 0.29) is 6.42 Å². The van der Waals surface area contributed by atoms with Crippen LogP contribution in [0.2, 0.25) is 0 Å². The first-order valence-corrected chi connectivity index (χ1v) is 5.37. The number of amides is 2. The van der Waals surface area contributed by atoms with Crippen LogP contribution in [0.5, 0.6) is 0 Å². The van der Waals surface area contributed by atoms with Crippen molar-refractivity contribution in [3.8, 4) is 0 Å². The van der Waals surface area contributed by atoms with E-state index in [4.69, 9.17) is 0 Å². The van der Waals surface area contributed by atoms with Crippen molar-refractivity contribution in [3.63, 3.8) is 0 Å². The van der Waals surface area contributed by atoms with Gasteiger partial charge in [-0.05, 0) is 6.42 Å². The molecule has 0 saturated carbocycles. The van der Waals surface area contributed by atoms with Gasteiger partial charge in [0.2, 0.25) is 5.91 Å². The van der Waals surface area contributed by atoms with E-state index in [1.807, 2.05) is 0 Å². The molecule has 10 heteroatoms. The lowest BCUT2D eigenvalue weighted by Crippen LogP contribution is -2.47. The molecule has 1 saturated heterocycles. The van der Waals surface area contributed by atoms with E-state index in [2.05, 4.69) is 4.18 Å². The number of hydrogen-bond donors (Lipinski definition) is 1. The van der Waals surface area contributed by atoms with Crippen molar-refractivity contribution in [2.75, 3.05) is 0 Å². The quantitative estimate of drug-likeness (QED) is 0.417. The molecular weight excluding hydrogens is 255 g/mol. The third kappa shape index (κ3) is 2.70. The Balaban J connectivity index is 2.76. The highest BCUT2D eigenvalue weighted by molar-refractivity contribution is 7.87. The van der Waals surface area contributed by atoms with Crippen LogP contribution in [0.3, 0.4) is 0 Å². The molecule has 2 amide bonds. The molecule has 1 aliphatic heterocycles. The predicted octanol–water partition coefficient (Wildman–Crippen LogP) is -0.342. The standard InChI is InChI=1S/C6H6F3NO5S/c7-6(8,9)16(13,14)15-3-1-2-4(11)10-5(3)12/h3H,1-2H2,(H,10,11,12). The van der Waals surface area contributed by atoms with Gasteiger partial charge in [0, 0.05) is 6.42 Å². The molecule has 1 fully saturated rings. The first kappa shape index (κ1) is 12.9. The van der Waals surface area contributed by atoms with Crippen LogP contribution in [0.15, 0.2) is 0 Å². The van der Waals surface area contributed by atoms with Gasteiger partial charge in [0.15, 0.2) is 6.10 Å². The number of alkyl halides is 3. The molecule has 1 heterocycles. The Kier molecular flexibility index (Phi) is 3.24. The van der Waals surface area contributed by atoms with Gasteiger partial charge in [-0.1, -0.05) is 0 Å². The number of carbonyl (C=O) groups is 2. The first-order chi connectivity index (χ1) is 7.13. The summed E-state index contributed by atoms with van der Waals surface area (Å²) in [6, 6.07) is 0. The maximum Gasteiger partial charge on any atom is 0.523 e. The summed E-state index contributed by atoms with van der Waals surface area (Å²) in [5.41, 5.74) is -5.59. The predicted molar refractivity (Wildman–Crippen MR) is 42.2 cm³/mol. The summed E-state index contributed by atoms with van der Waals surface area (Å²) >= 11 is 0. The van der Waals surface area contributed by atoms with Crippen LogP contribution in [0.4, 0.5) is 13.2 Å². The lowest BCUT2D eigenvalue weighted by molar-refractivity contribution is -0.139. The second-order valence-corrected chi connectivity index (χ2v) is 4.50. The van der Waals surface area contributed by atoms with Gasteiger partial charge in [-0.3, -0.25) is 14.9 Å². The lowest BCUT2D eigenvalue weighted by atomic mass is 10.1. The van der Waals surface area contributed by atoms with Crippen LogP contribution in [-0.2, 0) is 23.9 Å². The van der Waals surface area contributed by atoms with E-state index in [9.17, 15) is 31.2 Å². The third-order valence-electron chi connectivity index (χ3n) is 1.71. The molecule has 1 atom stereocenters. The Morgan fingerprint density at radius 3 is 2.31 bits per heavy atom. The van der Waals surface area contributed by atoms with E-state index >= 15 is 0 Å². The molecule has 0 aromatic rings. The van der Waals surface area contributed by atoms with Gasteiger partial charge in [-0.15, -0.1) is 0 Å². The largest absolute Gasteiger partial charge is 0.523 e. The zero-order valence-corrected chi connectivity index (χ0v) is 8.39. The van der Waals surface area contributed by atoms with Crippen molar-refractivity contribution >= 4 is 21.9 Å². The molecule has 0 bridgehead atoms. The Morgan fingerprint density at radius 1 is 1.31 bits per heavy atom. The number of carbonyl (C=O) groups excluding carboxylic acids is 2. The summed E-state index contributed by atoms with van der Waals surface area (Å²) in [7, 11) is -5.82. The van der Waals surface area contributed by atoms with Crippen molar-refractivity contribution in [2.45, 2.75) is 24.5 Å². The third-order valence-corrected chi connectivity index (χ3v) is 2.77. The van der Waals surface area contributed by atoms with Crippen LogP contribution in [0, 0.1) is 0 Å². The van der Waals surface area contributed by atoms with Gasteiger partial charge in [-0.25, -0.2) is 4.18 Å². The van der Waals surface area contributed by atoms with E-state index in [1.54, 1.807) is 5.32 Å². The Hall–Kier alpha value is -1.16. The summed E-state index contributed by atoms with van der Waals surface area (Å²) in [4.78, 5) is 21.5. The Bertz CT molecular complexity index is 414. The normalized spacial score (nSPS) is 23.1. The van der Waals surface area contributed by atoms with Gasteiger partial charge in [-0.2, -0.15) is 21.6 Å². The summed E-state index contributed by atoms with van der Waals surface area (Å²) in [5.74, 6) is -1.88. The molecule has 1 N–H and O–H groups in total. The van der Waals surface area contributed by atoms with Crippen molar-refractivity contribution in [1.29, 1.82) is 0 Å². The van der Waals surface area contributed by atoms with Crippen LogP contribution in [0.1, 0.15) is 12.8 Å². The average molecular weight is 261 g/mol. The lowest BCUT2D eigenvalue weighted by Gasteiger charge is -2.20. The van der Waals surface area contributed by atoms with Crippen molar-refractivity contribution in [2.24, 2.45) is 0 Å². The summed E-state index contributed by atoms with van der Waals surface area (Å²) in [6.07, 6.45) is -2.49. The van der Waals surface area contributed by atoms with Gasteiger partial charge in [0.1, 0.15) is 0 Å². The molecule has 0 spiro atoms. The van der Waals surface area contributed by atoms with Crippen molar-refractivity contribution in [1.82, 2.24) is 5.32 Å². The molecule has 0 aliphatic carbocycles. The van der Waals surface area contributed by atoms with Gasteiger partial charge in [0.25, 0.3) is 5.91 Å². The number of piperidine rings is 1. The first-order valence-electron chi connectivity index (χ1n) is 3.97. The maximum absolute atomic E-state index is 11.9. The minimum absolute atomic E-state index is 0.274. The Labute approximate surface area is 87.9 Å². The number of rotatable bonds is 2. The fourth-order valence-corrected chi connectivity index (χ4v) is 1.57. The highest BCUT2D eigenvalue weighted by Gasteiger charge is 2.50. The summed E-state index contributed by atoms with van der Waals surface area (Å²) < 4.78 is 60.4. The maximum atomic E-state index is 11.9. The molecule has 1 aliphatic rings. The smallest absolute Gasteiger partial charge is 0.294 e. The monoisotopic (exact) mass is 261 g/mol. The summed E-state index contributed by atoms with van der Waals surface area (Å²) in [6.45, 7) is 0. The van der Waals surface area contributed by atoms with E-state index < -0.39 is 40.0 Å². The second kappa shape index (κ2) is 4.01. The molecular formula is C6H6F3NO5S. The highest BCUT2D eigenvalue weighted by Crippen LogP contribution is 2.27. The minimum Gasteiger partial charge on any atom is -0.294 e. The van der Waals surface area contributed by atoms with E-state index in [1.165, 1.54) is 0 Å². The Morgan fingerprint density at radius 2 is 1.88 bits per heavy atom. The van der Waals surface area contributed by atoms with Gasteiger partial charge >= 0.3 is 15.6 Å². The molecule has 0 radical (unpaired) electrons. The second-order valence-electron chi connectivity index (χ2n) is 2.94. The molecule has 1 rings (SSSR count). The number of imide groups is 1. The number of hydrogen-bond acceptors (Lipinski definition) is 5. The van der Waals surface area contributed by atoms with Crippen molar-refractivity contribution in [3.05, 3.63) is 0 Å². The van der Waals surface area contributed by atoms with Crippen LogP contribution in [-0.4, -0.2) is 31.8 Å². The van der Waals surface area contributed by atoms with Crippen molar-refractivity contribution < 1.29 is 35.4 Å². The summed E-state index contributed by atoms with van der Waals surface area (Å²) in [5, 5.41) is 1.67. The van der Waals surface area contributed by atoms with Gasteiger partial charge in [0.05, 0.1) is 0 Å². The average Bonchev–Trinajstić information content (AvgIpc) is 2.08. The molecule has 6 nitrogen and oxygen atoms in total. The molecule has 0 aromatic carbocycles. The van der Waals surface area contributed by atoms with Crippen LogP contribution >= 0.6 is 0 Å². The van der Waals surface area contributed by atoms with Crippen LogP contribution < -0.4 is 5.32 Å². The van der Waals surface area contributed by atoms with Gasteiger partial charge < -0.3 is 0 Å². The highest BCUT2D eigenvalue weighted by atomic mass is 32.2. The van der Waals surface area contributed by atoms with Crippen LogP contribution in [0.25, 0.3) is 0 Å². The zero-order chi connectivity index (χ0) is 12.6. The minimum atomic E-state index is -5.82.